The van der Waals surface area contributed by atoms with Crippen molar-refractivity contribution in [3.05, 3.63) is 0 Å². The molecule has 8 nitrogen and oxygen atoms in total. The zero-order valence-electron chi connectivity index (χ0n) is 12.2. The zero-order valence-corrected chi connectivity index (χ0v) is 12.2. The van der Waals surface area contributed by atoms with Crippen LogP contribution in [0.1, 0.15) is 25.7 Å². The number of piperidine rings is 1. The Morgan fingerprint density at radius 3 is 2.71 bits per heavy atom. The van der Waals surface area contributed by atoms with E-state index in [1.807, 2.05) is 7.05 Å². The summed E-state index contributed by atoms with van der Waals surface area (Å²) in [6, 6.07) is 0.154. The molecule has 1 aromatic rings. The van der Waals surface area contributed by atoms with Gasteiger partial charge < -0.3 is 20.9 Å². The van der Waals surface area contributed by atoms with E-state index < -0.39 is 0 Å². The first-order valence-electron chi connectivity index (χ1n) is 7.39. The second-order valence-electron chi connectivity index (χ2n) is 5.67. The minimum absolute atomic E-state index is 0.154. The van der Waals surface area contributed by atoms with Gasteiger partial charge in [-0.1, -0.05) is 0 Å². The first kappa shape index (κ1) is 13.8. The van der Waals surface area contributed by atoms with Gasteiger partial charge in [0.15, 0.2) is 0 Å². The van der Waals surface area contributed by atoms with E-state index in [2.05, 4.69) is 25.2 Å². The van der Waals surface area contributed by atoms with Gasteiger partial charge in [-0.05, 0) is 19.3 Å². The van der Waals surface area contributed by atoms with E-state index in [9.17, 15) is 4.79 Å². The van der Waals surface area contributed by atoms with Gasteiger partial charge in [-0.15, -0.1) is 0 Å². The summed E-state index contributed by atoms with van der Waals surface area (Å²) in [4.78, 5) is 28.2. The van der Waals surface area contributed by atoms with E-state index in [1.54, 1.807) is 4.90 Å². The van der Waals surface area contributed by atoms with Crippen LogP contribution in [0.4, 0.5) is 17.8 Å². The van der Waals surface area contributed by atoms with Gasteiger partial charge in [0.1, 0.15) is 0 Å². The van der Waals surface area contributed by atoms with Crippen LogP contribution in [-0.4, -0.2) is 58.5 Å². The van der Waals surface area contributed by atoms with Gasteiger partial charge in [0, 0.05) is 39.1 Å². The lowest BCUT2D eigenvalue weighted by atomic mass is 10.1. The van der Waals surface area contributed by atoms with Crippen molar-refractivity contribution >= 4 is 23.8 Å². The summed E-state index contributed by atoms with van der Waals surface area (Å²) in [6.07, 6.45) is 3.65. The molecule has 0 bridgehead atoms. The fourth-order valence-corrected chi connectivity index (χ4v) is 2.82. The summed E-state index contributed by atoms with van der Waals surface area (Å²) >= 11 is 0. The highest BCUT2D eigenvalue weighted by Crippen LogP contribution is 2.19. The number of nitrogens with zero attached hydrogens (tertiary/aromatic N) is 5. The maximum Gasteiger partial charge on any atom is 0.231 e. The summed E-state index contributed by atoms with van der Waals surface area (Å²) in [6.45, 7) is 2.58. The second-order valence-corrected chi connectivity index (χ2v) is 5.67. The van der Waals surface area contributed by atoms with Crippen LogP contribution in [0.2, 0.25) is 0 Å². The Kier molecular flexibility index (Phi) is 3.76. The van der Waals surface area contributed by atoms with Gasteiger partial charge in [-0.3, -0.25) is 4.79 Å². The van der Waals surface area contributed by atoms with Gasteiger partial charge in [-0.25, -0.2) is 0 Å². The zero-order chi connectivity index (χ0) is 14.8. The van der Waals surface area contributed by atoms with Crippen molar-refractivity contribution in [2.75, 3.05) is 42.6 Å². The maximum absolute atomic E-state index is 11.5. The molecule has 2 aliphatic heterocycles. The van der Waals surface area contributed by atoms with Crippen LogP contribution in [0, 0.1) is 0 Å². The Morgan fingerprint density at radius 1 is 1.24 bits per heavy atom. The Bertz CT molecular complexity index is 529. The number of likely N-dealkylation sites (tertiary alicyclic amines) is 1. The van der Waals surface area contributed by atoms with Crippen molar-refractivity contribution in [1.29, 1.82) is 0 Å². The van der Waals surface area contributed by atoms with E-state index in [0.29, 0.717) is 24.9 Å². The van der Waals surface area contributed by atoms with Crippen molar-refractivity contribution in [3.63, 3.8) is 0 Å². The number of nitrogens with one attached hydrogen (secondary N) is 1. The number of likely N-dealkylation sites (N-methyl/N-ethyl adjacent to an activating group) is 1. The third-order valence-corrected chi connectivity index (χ3v) is 3.99. The largest absolute Gasteiger partial charge is 0.368 e. The van der Waals surface area contributed by atoms with Crippen molar-refractivity contribution in [2.24, 2.45) is 0 Å². The van der Waals surface area contributed by atoms with Crippen molar-refractivity contribution in [1.82, 2.24) is 19.9 Å². The highest BCUT2D eigenvalue weighted by molar-refractivity contribution is 5.76. The number of nitrogens with two attached hydrogens (primary N) is 1. The molecule has 3 rings (SSSR count). The molecule has 2 fully saturated rings. The molecule has 0 saturated carbocycles. The molecule has 21 heavy (non-hydrogen) atoms. The fourth-order valence-electron chi connectivity index (χ4n) is 2.82. The summed E-state index contributed by atoms with van der Waals surface area (Å²) < 4.78 is 0. The number of anilines is 3. The minimum Gasteiger partial charge on any atom is -0.368 e. The van der Waals surface area contributed by atoms with Gasteiger partial charge in [-0.2, -0.15) is 15.0 Å². The van der Waals surface area contributed by atoms with E-state index in [1.165, 1.54) is 0 Å². The molecule has 0 aliphatic carbocycles. The molecular formula is C13H21N7O. The van der Waals surface area contributed by atoms with Gasteiger partial charge in [0.2, 0.25) is 23.8 Å². The second kappa shape index (κ2) is 5.71. The van der Waals surface area contributed by atoms with Gasteiger partial charge in [0.25, 0.3) is 0 Å². The highest BCUT2D eigenvalue weighted by Gasteiger charge is 2.24. The lowest BCUT2D eigenvalue weighted by molar-refractivity contribution is -0.132. The number of aromatic nitrogens is 3. The normalized spacial score (nSPS) is 22.7. The van der Waals surface area contributed by atoms with Crippen LogP contribution < -0.4 is 16.0 Å². The monoisotopic (exact) mass is 291 g/mol. The van der Waals surface area contributed by atoms with E-state index in [4.69, 9.17) is 5.73 Å². The summed E-state index contributed by atoms with van der Waals surface area (Å²) in [5.41, 5.74) is 5.79. The first-order valence-corrected chi connectivity index (χ1v) is 7.39. The molecule has 8 heteroatoms. The van der Waals surface area contributed by atoms with Crippen molar-refractivity contribution in [3.8, 4) is 0 Å². The lowest BCUT2D eigenvalue weighted by Gasteiger charge is -2.30. The number of hydrogen-bond acceptors (Lipinski definition) is 7. The number of carbonyl (C=O) groups excluding carboxylic acids is 1. The lowest BCUT2D eigenvalue weighted by Crippen LogP contribution is -2.43. The first-order chi connectivity index (χ1) is 10.1. The summed E-state index contributed by atoms with van der Waals surface area (Å²) in [5, 5.41) is 3.27. The fraction of sp³-hybridized carbons (Fsp3) is 0.692. The number of carbonyl (C=O) groups is 1. The SMILES string of the molecule is CN1CC(Nc2nc(N)nc(N3CCCC3)n2)CCC1=O. The molecule has 0 radical (unpaired) electrons. The van der Waals surface area contributed by atoms with E-state index in [0.717, 1.165) is 32.4 Å². The van der Waals surface area contributed by atoms with Crippen LogP contribution in [0.25, 0.3) is 0 Å². The van der Waals surface area contributed by atoms with Crippen LogP contribution in [0.5, 0.6) is 0 Å². The maximum atomic E-state index is 11.5. The number of amides is 1. The van der Waals surface area contributed by atoms with Crippen LogP contribution in [-0.2, 0) is 4.79 Å². The topological polar surface area (TPSA) is 100 Å². The Hall–Kier alpha value is -2.12. The van der Waals surface area contributed by atoms with Gasteiger partial charge >= 0.3 is 0 Å². The third-order valence-electron chi connectivity index (χ3n) is 3.99. The molecule has 2 aliphatic rings. The molecule has 2 saturated heterocycles. The molecule has 1 aromatic heterocycles. The molecule has 114 valence electrons. The standard InChI is InChI=1S/C13H21N7O/c1-19-8-9(4-5-10(19)21)15-12-16-11(14)17-13(18-12)20-6-2-3-7-20/h9H,2-8H2,1H3,(H3,14,15,16,17,18). The van der Waals surface area contributed by atoms with Crippen LogP contribution in [0.3, 0.4) is 0 Å². The number of rotatable bonds is 3. The molecule has 1 unspecified atom stereocenters. The predicted octanol–water partition coefficient (Wildman–Crippen LogP) is 0.0867. The quantitative estimate of drug-likeness (QED) is 0.813. The van der Waals surface area contributed by atoms with Gasteiger partial charge in [0.05, 0.1) is 0 Å². The van der Waals surface area contributed by atoms with Crippen molar-refractivity contribution in [2.45, 2.75) is 31.7 Å². The smallest absolute Gasteiger partial charge is 0.231 e. The Morgan fingerprint density at radius 2 is 2.00 bits per heavy atom. The third kappa shape index (κ3) is 3.14. The molecule has 3 heterocycles. The minimum atomic E-state index is 0.154. The molecule has 3 N–H and O–H groups in total. The predicted molar refractivity (Wildman–Crippen MR) is 80.0 cm³/mol. The molecule has 1 amide bonds. The molecule has 1 atom stereocenters. The molecular weight excluding hydrogens is 270 g/mol. The molecule has 0 aromatic carbocycles. The van der Waals surface area contributed by atoms with E-state index in [-0.39, 0.29) is 17.9 Å². The number of nitrogen functional groups attached to an aromatic ring is 1. The average Bonchev–Trinajstić information content (AvgIpc) is 2.96. The Balaban J connectivity index is 1.71. The van der Waals surface area contributed by atoms with Crippen LogP contribution >= 0.6 is 0 Å². The highest BCUT2D eigenvalue weighted by atomic mass is 16.2. The number of hydrogen-bond donors (Lipinski definition) is 2. The van der Waals surface area contributed by atoms with E-state index >= 15 is 0 Å². The van der Waals surface area contributed by atoms with Crippen molar-refractivity contribution < 1.29 is 4.79 Å². The van der Waals surface area contributed by atoms with Crippen LogP contribution in [0.15, 0.2) is 0 Å². The summed E-state index contributed by atoms with van der Waals surface area (Å²) in [7, 11) is 1.81. The average molecular weight is 291 g/mol. The Labute approximate surface area is 123 Å². The molecule has 0 spiro atoms. The summed E-state index contributed by atoms with van der Waals surface area (Å²) in [5.74, 6) is 1.55.